The number of nitrogens with one attached hydrogen (secondary N) is 1. The molecule has 0 aromatic rings. The maximum Gasteiger partial charge on any atom is 0.223 e. The number of carbonyl (C=O) groups is 2. The first kappa shape index (κ1) is 9.23. The van der Waals surface area contributed by atoms with E-state index in [0.29, 0.717) is 0 Å². The molecule has 1 rings (SSSR count). The van der Waals surface area contributed by atoms with Gasteiger partial charge in [-0.15, -0.1) is 0 Å². The lowest BCUT2D eigenvalue weighted by Gasteiger charge is -2.14. The summed E-state index contributed by atoms with van der Waals surface area (Å²) in [5.74, 6) is 0.0891. The van der Waals surface area contributed by atoms with Gasteiger partial charge in [-0.05, 0) is 19.8 Å². The minimum Gasteiger partial charge on any atom is -0.359 e. The summed E-state index contributed by atoms with van der Waals surface area (Å²) < 4.78 is 0. The minimum absolute atomic E-state index is 0.0210. The molecular formula is C9H15NO2. The van der Waals surface area contributed by atoms with Crippen molar-refractivity contribution in [2.75, 3.05) is 7.05 Å². The van der Waals surface area contributed by atoms with Crippen LogP contribution < -0.4 is 5.32 Å². The van der Waals surface area contributed by atoms with Crippen molar-refractivity contribution in [3.63, 3.8) is 0 Å². The lowest BCUT2D eigenvalue weighted by molar-refractivity contribution is -0.131. The van der Waals surface area contributed by atoms with Crippen LogP contribution in [-0.2, 0) is 9.59 Å². The number of hydrogen-bond donors (Lipinski definition) is 1. The Morgan fingerprint density at radius 1 is 1.25 bits per heavy atom. The molecule has 0 spiro atoms. The number of rotatable bonds is 2. The van der Waals surface area contributed by atoms with Crippen molar-refractivity contribution in [1.29, 1.82) is 0 Å². The van der Waals surface area contributed by atoms with E-state index in [9.17, 15) is 9.59 Å². The molecule has 3 heteroatoms. The molecule has 1 aliphatic rings. The van der Waals surface area contributed by atoms with Crippen molar-refractivity contribution in [3.8, 4) is 0 Å². The van der Waals surface area contributed by atoms with Gasteiger partial charge in [0, 0.05) is 18.9 Å². The first-order chi connectivity index (χ1) is 5.66. The molecular weight excluding hydrogens is 154 g/mol. The molecule has 0 aliphatic heterocycles. The minimum atomic E-state index is -0.0625. The third kappa shape index (κ3) is 1.65. The van der Waals surface area contributed by atoms with Gasteiger partial charge in [0.2, 0.25) is 5.91 Å². The normalized spacial score (nSPS) is 28.5. The molecule has 68 valence electrons. The quantitative estimate of drug-likeness (QED) is 0.662. The zero-order valence-electron chi connectivity index (χ0n) is 7.59. The molecule has 0 saturated heterocycles. The second-order valence-corrected chi connectivity index (χ2v) is 3.37. The molecule has 1 N–H and O–H groups in total. The SMILES string of the molecule is CNC(=O)C1CCCC1C(C)=O. The van der Waals surface area contributed by atoms with Crippen molar-refractivity contribution in [3.05, 3.63) is 0 Å². The molecule has 0 aromatic carbocycles. The van der Waals surface area contributed by atoms with Crippen molar-refractivity contribution >= 4 is 11.7 Å². The summed E-state index contributed by atoms with van der Waals surface area (Å²) in [7, 11) is 1.62. The Labute approximate surface area is 72.5 Å². The molecule has 2 unspecified atom stereocenters. The van der Waals surface area contributed by atoms with Gasteiger partial charge >= 0.3 is 0 Å². The zero-order valence-corrected chi connectivity index (χ0v) is 7.59. The van der Waals surface area contributed by atoms with Crippen LogP contribution in [-0.4, -0.2) is 18.7 Å². The number of carbonyl (C=O) groups excluding carboxylic acids is 2. The van der Waals surface area contributed by atoms with Gasteiger partial charge in [-0.2, -0.15) is 0 Å². The molecule has 0 aromatic heterocycles. The topological polar surface area (TPSA) is 46.2 Å². The van der Waals surface area contributed by atoms with E-state index in [1.54, 1.807) is 14.0 Å². The number of amides is 1. The van der Waals surface area contributed by atoms with E-state index >= 15 is 0 Å². The molecule has 12 heavy (non-hydrogen) atoms. The van der Waals surface area contributed by atoms with Crippen LogP contribution in [0.15, 0.2) is 0 Å². The fraction of sp³-hybridized carbons (Fsp3) is 0.778. The summed E-state index contributed by atoms with van der Waals surface area (Å²) in [5, 5.41) is 2.60. The van der Waals surface area contributed by atoms with Crippen LogP contribution in [0.1, 0.15) is 26.2 Å². The lowest BCUT2D eigenvalue weighted by Crippen LogP contribution is -2.32. The number of hydrogen-bond acceptors (Lipinski definition) is 2. The van der Waals surface area contributed by atoms with Crippen LogP contribution in [0.25, 0.3) is 0 Å². The van der Waals surface area contributed by atoms with Crippen LogP contribution in [0, 0.1) is 11.8 Å². The van der Waals surface area contributed by atoms with Gasteiger partial charge in [-0.25, -0.2) is 0 Å². The summed E-state index contributed by atoms with van der Waals surface area (Å²) >= 11 is 0. The van der Waals surface area contributed by atoms with Gasteiger partial charge in [-0.1, -0.05) is 6.42 Å². The standard InChI is InChI=1S/C9H15NO2/c1-6(11)7-4-3-5-8(7)9(12)10-2/h7-8H,3-5H2,1-2H3,(H,10,12). The Balaban J connectivity index is 2.63. The van der Waals surface area contributed by atoms with Gasteiger partial charge in [0.25, 0.3) is 0 Å². The smallest absolute Gasteiger partial charge is 0.223 e. The third-order valence-electron chi connectivity index (χ3n) is 2.62. The van der Waals surface area contributed by atoms with Crippen LogP contribution in [0.4, 0.5) is 0 Å². The predicted molar refractivity (Wildman–Crippen MR) is 45.6 cm³/mol. The van der Waals surface area contributed by atoms with Gasteiger partial charge in [0.15, 0.2) is 0 Å². The average molecular weight is 169 g/mol. The molecule has 1 amide bonds. The fourth-order valence-corrected chi connectivity index (χ4v) is 1.95. The first-order valence-electron chi connectivity index (χ1n) is 4.39. The van der Waals surface area contributed by atoms with Crippen molar-refractivity contribution in [2.24, 2.45) is 11.8 Å². The van der Waals surface area contributed by atoms with Gasteiger partial charge in [-0.3, -0.25) is 9.59 Å². The molecule has 1 saturated carbocycles. The summed E-state index contributed by atoms with van der Waals surface area (Å²) in [5.41, 5.74) is 0. The predicted octanol–water partition coefficient (Wildman–Crippen LogP) is 0.738. The molecule has 2 atom stereocenters. The van der Waals surface area contributed by atoms with E-state index in [2.05, 4.69) is 5.32 Å². The first-order valence-corrected chi connectivity index (χ1v) is 4.39. The van der Waals surface area contributed by atoms with Crippen LogP contribution >= 0.6 is 0 Å². The van der Waals surface area contributed by atoms with E-state index < -0.39 is 0 Å². The highest BCUT2D eigenvalue weighted by Gasteiger charge is 2.34. The van der Waals surface area contributed by atoms with Gasteiger partial charge < -0.3 is 5.32 Å². The van der Waals surface area contributed by atoms with Crippen molar-refractivity contribution in [1.82, 2.24) is 5.32 Å². The summed E-state index contributed by atoms with van der Waals surface area (Å²) in [6, 6.07) is 0. The number of Topliss-reactive ketones (excluding diaryl/α,β-unsaturated/α-hetero) is 1. The van der Waals surface area contributed by atoms with Gasteiger partial charge in [0.05, 0.1) is 0 Å². The summed E-state index contributed by atoms with van der Waals surface area (Å²) in [6.45, 7) is 1.58. The highest BCUT2D eigenvalue weighted by molar-refractivity contribution is 5.87. The van der Waals surface area contributed by atoms with Crippen LogP contribution in [0.2, 0.25) is 0 Å². The Bertz CT molecular complexity index is 201. The fourth-order valence-electron chi connectivity index (χ4n) is 1.95. The maximum atomic E-state index is 11.3. The van der Waals surface area contributed by atoms with Gasteiger partial charge in [0.1, 0.15) is 5.78 Å². The summed E-state index contributed by atoms with van der Waals surface area (Å²) in [4.78, 5) is 22.4. The zero-order chi connectivity index (χ0) is 9.14. The van der Waals surface area contributed by atoms with E-state index in [-0.39, 0.29) is 23.5 Å². The third-order valence-corrected chi connectivity index (χ3v) is 2.62. The van der Waals surface area contributed by atoms with E-state index in [4.69, 9.17) is 0 Å². The molecule has 0 radical (unpaired) electrons. The van der Waals surface area contributed by atoms with E-state index in [1.165, 1.54) is 0 Å². The second kappa shape index (κ2) is 3.70. The molecule has 3 nitrogen and oxygen atoms in total. The largest absolute Gasteiger partial charge is 0.359 e. The molecule has 0 heterocycles. The molecule has 1 fully saturated rings. The Morgan fingerprint density at radius 3 is 2.33 bits per heavy atom. The number of ketones is 1. The summed E-state index contributed by atoms with van der Waals surface area (Å²) in [6.07, 6.45) is 2.75. The lowest BCUT2D eigenvalue weighted by atomic mass is 9.92. The second-order valence-electron chi connectivity index (χ2n) is 3.37. The highest BCUT2D eigenvalue weighted by atomic mass is 16.2. The maximum absolute atomic E-state index is 11.3. The Kier molecular flexibility index (Phi) is 2.84. The van der Waals surface area contributed by atoms with Crippen molar-refractivity contribution in [2.45, 2.75) is 26.2 Å². The van der Waals surface area contributed by atoms with E-state index in [0.717, 1.165) is 19.3 Å². The van der Waals surface area contributed by atoms with E-state index in [1.807, 2.05) is 0 Å². The molecule has 1 aliphatic carbocycles. The molecule has 0 bridgehead atoms. The average Bonchev–Trinajstić information content (AvgIpc) is 2.50. The van der Waals surface area contributed by atoms with Crippen molar-refractivity contribution < 1.29 is 9.59 Å². The van der Waals surface area contributed by atoms with Crippen LogP contribution in [0.5, 0.6) is 0 Å². The Hall–Kier alpha value is -0.860. The van der Waals surface area contributed by atoms with Crippen LogP contribution in [0.3, 0.4) is 0 Å². The Morgan fingerprint density at radius 2 is 1.83 bits per heavy atom. The monoisotopic (exact) mass is 169 g/mol. The highest BCUT2D eigenvalue weighted by Crippen LogP contribution is 2.32.